The summed E-state index contributed by atoms with van der Waals surface area (Å²) in [6.07, 6.45) is -4.55. The Balaban J connectivity index is 2.20. The number of benzene rings is 2. The Hall–Kier alpha value is -2.05. The second-order valence-electron chi connectivity index (χ2n) is 5.36. The molecule has 27 heavy (non-hydrogen) atoms. The van der Waals surface area contributed by atoms with Crippen LogP contribution in [-0.2, 0) is 11.0 Å². The fourth-order valence-corrected chi connectivity index (χ4v) is 3.38. The van der Waals surface area contributed by atoms with Gasteiger partial charge in [0.15, 0.2) is 6.61 Å². The van der Waals surface area contributed by atoms with Gasteiger partial charge >= 0.3 is 6.18 Å². The molecule has 0 radical (unpaired) electrons. The lowest BCUT2D eigenvalue weighted by Crippen LogP contribution is -2.36. The van der Waals surface area contributed by atoms with Crippen molar-refractivity contribution in [2.45, 2.75) is 12.6 Å². The summed E-state index contributed by atoms with van der Waals surface area (Å²) in [5.74, 6) is -0.143. The first-order chi connectivity index (χ1) is 12.7. The molecule has 0 heterocycles. The lowest BCUT2D eigenvalue weighted by atomic mass is 10.1. The second-order valence-corrected chi connectivity index (χ2v) is 7.14. The molecule has 0 aromatic heterocycles. The van der Waals surface area contributed by atoms with E-state index in [4.69, 9.17) is 10.00 Å². The van der Waals surface area contributed by atoms with E-state index in [0.717, 1.165) is 21.5 Å². The van der Waals surface area contributed by atoms with Gasteiger partial charge in [-0.3, -0.25) is 4.79 Å². The summed E-state index contributed by atoms with van der Waals surface area (Å²) in [5, 5.41) is 8.79. The Morgan fingerprint density at radius 1 is 1.19 bits per heavy atom. The van der Waals surface area contributed by atoms with Crippen molar-refractivity contribution in [3.8, 4) is 11.8 Å². The zero-order valence-corrected chi connectivity index (χ0v) is 16.9. The molecule has 0 unspecified atom stereocenters. The summed E-state index contributed by atoms with van der Waals surface area (Å²) in [5.41, 5.74) is -0.810. The first kappa shape index (κ1) is 21.3. The number of carbonyl (C=O) groups is 1. The van der Waals surface area contributed by atoms with Crippen molar-refractivity contribution in [1.82, 2.24) is 0 Å². The quantitative estimate of drug-likeness (QED) is 0.516. The van der Waals surface area contributed by atoms with Crippen LogP contribution in [0.15, 0.2) is 51.4 Å². The van der Waals surface area contributed by atoms with Crippen molar-refractivity contribution < 1.29 is 22.7 Å². The second kappa shape index (κ2) is 9.24. The van der Waals surface area contributed by atoms with Crippen molar-refractivity contribution in [2.75, 3.05) is 18.1 Å². The number of carbonyl (C=O) groups excluding carboxylic acids is 1. The molecule has 4 nitrogen and oxygen atoms in total. The fourth-order valence-electron chi connectivity index (χ4n) is 2.22. The number of nitrogens with zero attached hydrogens (tertiary/aromatic N) is 2. The van der Waals surface area contributed by atoms with Crippen LogP contribution in [0.25, 0.3) is 0 Å². The number of alkyl halides is 3. The highest BCUT2D eigenvalue weighted by molar-refractivity contribution is 9.11. The first-order valence-corrected chi connectivity index (χ1v) is 9.23. The number of anilines is 1. The summed E-state index contributed by atoms with van der Waals surface area (Å²) < 4.78 is 45.7. The van der Waals surface area contributed by atoms with Gasteiger partial charge in [0.05, 0.1) is 22.5 Å². The third-order valence-electron chi connectivity index (χ3n) is 3.48. The van der Waals surface area contributed by atoms with Crippen LogP contribution in [0, 0.1) is 11.3 Å². The predicted molar refractivity (Wildman–Crippen MR) is 101 cm³/mol. The Bertz CT molecular complexity index is 866. The number of hydrogen-bond donors (Lipinski definition) is 0. The van der Waals surface area contributed by atoms with Gasteiger partial charge in [-0.15, -0.1) is 0 Å². The molecule has 142 valence electrons. The predicted octanol–water partition coefficient (Wildman–Crippen LogP) is 5.56. The molecular weight excluding hydrogens is 493 g/mol. The SMILES string of the molecule is N#CCCN(C(=O)COc1ccc(Br)cc1Br)c1cccc(C(F)(F)F)c1. The Morgan fingerprint density at radius 3 is 2.56 bits per heavy atom. The summed E-state index contributed by atoms with van der Waals surface area (Å²) in [4.78, 5) is 13.7. The molecule has 2 aromatic carbocycles. The average Bonchev–Trinajstić information content (AvgIpc) is 2.61. The molecule has 0 saturated carbocycles. The summed E-state index contributed by atoms with van der Waals surface area (Å²) >= 11 is 6.60. The minimum atomic E-state index is -4.53. The Kier molecular flexibility index (Phi) is 7.27. The minimum absolute atomic E-state index is 0.0238. The number of hydrogen-bond acceptors (Lipinski definition) is 3. The van der Waals surface area contributed by atoms with Crippen LogP contribution >= 0.6 is 31.9 Å². The molecule has 0 fully saturated rings. The third-order valence-corrected chi connectivity index (χ3v) is 4.59. The van der Waals surface area contributed by atoms with E-state index < -0.39 is 17.6 Å². The molecule has 2 rings (SSSR count). The molecule has 0 atom stereocenters. The average molecular weight is 506 g/mol. The molecule has 0 bridgehead atoms. The number of amides is 1. The van der Waals surface area contributed by atoms with Gasteiger partial charge in [0.25, 0.3) is 5.91 Å². The van der Waals surface area contributed by atoms with E-state index in [2.05, 4.69) is 31.9 Å². The van der Waals surface area contributed by atoms with E-state index in [1.165, 1.54) is 12.1 Å². The van der Waals surface area contributed by atoms with Crippen molar-refractivity contribution in [3.05, 3.63) is 57.0 Å². The van der Waals surface area contributed by atoms with E-state index in [1.807, 2.05) is 6.07 Å². The monoisotopic (exact) mass is 504 g/mol. The third kappa shape index (κ3) is 5.97. The van der Waals surface area contributed by atoms with Crippen molar-refractivity contribution in [2.24, 2.45) is 0 Å². The highest BCUT2D eigenvalue weighted by Crippen LogP contribution is 2.32. The maximum Gasteiger partial charge on any atom is 0.416 e. The maximum atomic E-state index is 12.9. The van der Waals surface area contributed by atoms with Gasteiger partial charge in [-0.2, -0.15) is 18.4 Å². The van der Waals surface area contributed by atoms with E-state index in [1.54, 1.807) is 18.2 Å². The molecule has 0 saturated heterocycles. The highest BCUT2D eigenvalue weighted by Gasteiger charge is 2.31. The van der Waals surface area contributed by atoms with Crippen molar-refractivity contribution in [1.29, 1.82) is 5.26 Å². The Morgan fingerprint density at radius 2 is 1.93 bits per heavy atom. The van der Waals surface area contributed by atoms with Gasteiger partial charge in [-0.25, -0.2) is 0 Å². The number of halogens is 5. The van der Waals surface area contributed by atoms with Crippen LogP contribution in [-0.4, -0.2) is 19.1 Å². The van der Waals surface area contributed by atoms with Gasteiger partial charge in [-0.1, -0.05) is 22.0 Å². The van der Waals surface area contributed by atoms with Crippen LogP contribution in [0.2, 0.25) is 0 Å². The van der Waals surface area contributed by atoms with Gasteiger partial charge in [0, 0.05) is 16.7 Å². The minimum Gasteiger partial charge on any atom is -0.483 e. The van der Waals surface area contributed by atoms with E-state index >= 15 is 0 Å². The van der Waals surface area contributed by atoms with Gasteiger partial charge in [-0.05, 0) is 52.3 Å². The van der Waals surface area contributed by atoms with E-state index in [9.17, 15) is 18.0 Å². The van der Waals surface area contributed by atoms with Gasteiger partial charge in [0.2, 0.25) is 0 Å². The highest BCUT2D eigenvalue weighted by atomic mass is 79.9. The molecule has 2 aromatic rings. The first-order valence-electron chi connectivity index (χ1n) is 7.65. The number of rotatable bonds is 6. The fraction of sp³-hybridized carbons (Fsp3) is 0.222. The molecule has 0 aliphatic carbocycles. The van der Waals surface area contributed by atoms with Crippen LogP contribution in [0.1, 0.15) is 12.0 Å². The summed E-state index contributed by atoms with van der Waals surface area (Å²) in [7, 11) is 0. The molecular formula is C18H13Br2F3N2O2. The van der Waals surface area contributed by atoms with Gasteiger partial charge in [0.1, 0.15) is 5.75 Å². The Labute approximate surface area is 170 Å². The van der Waals surface area contributed by atoms with Crippen molar-refractivity contribution in [3.63, 3.8) is 0 Å². The molecule has 0 spiro atoms. The number of ether oxygens (including phenoxy) is 1. The lowest BCUT2D eigenvalue weighted by Gasteiger charge is -2.23. The van der Waals surface area contributed by atoms with E-state index in [0.29, 0.717) is 10.2 Å². The standard InChI is InChI=1S/C18H13Br2F3N2O2/c19-13-5-6-16(15(20)10-13)27-11-17(26)25(8-2-7-24)14-4-1-3-12(9-14)18(21,22)23/h1,3-6,9-10H,2,8,11H2. The molecule has 1 amide bonds. The molecule has 9 heteroatoms. The molecule has 0 N–H and O–H groups in total. The van der Waals surface area contributed by atoms with Gasteiger partial charge < -0.3 is 9.64 Å². The smallest absolute Gasteiger partial charge is 0.416 e. The van der Waals surface area contributed by atoms with Crippen LogP contribution < -0.4 is 9.64 Å². The molecule has 0 aliphatic rings. The maximum absolute atomic E-state index is 12.9. The zero-order chi connectivity index (χ0) is 20.0. The summed E-state index contributed by atoms with van der Waals surface area (Å²) in [6.45, 7) is -0.427. The van der Waals surface area contributed by atoms with Crippen LogP contribution in [0.5, 0.6) is 5.75 Å². The summed E-state index contributed by atoms with van der Waals surface area (Å²) in [6, 6.07) is 11.4. The lowest BCUT2D eigenvalue weighted by molar-refractivity contribution is -0.137. The van der Waals surface area contributed by atoms with Crippen LogP contribution in [0.3, 0.4) is 0 Å². The molecule has 0 aliphatic heterocycles. The topological polar surface area (TPSA) is 53.3 Å². The number of nitriles is 1. The normalized spacial score (nSPS) is 11.0. The van der Waals surface area contributed by atoms with Crippen molar-refractivity contribution >= 4 is 43.5 Å². The van der Waals surface area contributed by atoms with E-state index in [-0.39, 0.29) is 25.3 Å². The zero-order valence-electron chi connectivity index (χ0n) is 13.8. The van der Waals surface area contributed by atoms with Crippen LogP contribution in [0.4, 0.5) is 18.9 Å². The largest absolute Gasteiger partial charge is 0.483 e.